The molecule has 1 heterocycles. The highest BCUT2D eigenvalue weighted by molar-refractivity contribution is 7.80. The Hall–Kier alpha value is -5.29. The van der Waals surface area contributed by atoms with Crippen molar-refractivity contribution in [2.24, 2.45) is 0 Å². The largest absolute Gasteiger partial charge is 0.480 e. The van der Waals surface area contributed by atoms with Crippen molar-refractivity contribution in [2.45, 2.75) is 70.2 Å². The van der Waals surface area contributed by atoms with E-state index in [1.54, 1.807) is 0 Å². The van der Waals surface area contributed by atoms with Gasteiger partial charge in [0, 0.05) is 46.7 Å². The Morgan fingerprint density at radius 2 is 1.25 bits per heavy atom. The fraction of sp³-hybridized carbons (Fsp3) is 0.441. The monoisotopic (exact) mass is 729 g/mol. The molecule has 0 radical (unpaired) electrons. The minimum atomic E-state index is -1.45. The van der Waals surface area contributed by atoms with Crippen LogP contribution in [0.25, 0.3) is 11.1 Å². The summed E-state index contributed by atoms with van der Waals surface area (Å²) in [6.45, 7) is 3.50. The second-order valence-corrected chi connectivity index (χ2v) is 12.1. The van der Waals surface area contributed by atoms with Gasteiger partial charge in [0.1, 0.15) is 31.5 Å². The summed E-state index contributed by atoms with van der Waals surface area (Å²) in [6, 6.07) is 14.1. The minimum absolute atomic E-state index is 0.0183. The van der Waals surface area contributed by atoms with Crippen LogP contribution in [0.1, 0.15) is 44.7 Å². The third kappa shape index (κ3) is 10.4. The standard InChI is InChI=1S/C34H39N3O13S/c1-17(38)45-16-28-30(48-19(3)40)31(49-20(4)41)29(47-18(2)39)27(50-28)14-36-33(51)35-13-26(32(42)43)37-34(44)46-15-25-23-11-7-5-9-21(23)22-10-6-8-12-24(22)25/h5-12,25-31H,13-16H2,1-4H3,(H,37,44)(H,42,43)(H2,35,36,51)/t26-,27-,28+,29-,30-,31+/m0/s1. The summed E-state index contributed by atoms with van der Waals surface area (Å²) in [7, 11) is 0. The average molecular weight is 730 g/mol. The zero-order valence-electron chi connectivity index (χ0n) is 28.2. The van der Waals surface area contributed by atoms with Crippen LogP contribution in [0.3, 0.4) is 0 Å². The smallest absolute Gasteiger partial charge is 0.407 e. The summed E-state index contributed by atoms with van der Waals surface area (Å²) in [5, 5.41) is 17.5. The molecule has 4 rings (SSSR count). The fourth-order valence-corrected chi connectivity index (χ4v) is 6.08. The predicted octanol–water partition coefficient (Wildman–Crippen LogP) is 1.57. The molecular weight excluding hydrogens is 690 g/mol. The lowest BCUT2D eigenvalue weighted by Crippen LogP contribution is -2.64. The van der Waals surface area contributed by atoms with E-state index in [1.165, 1.54) is 0 Å². The van der Waals surface area contributed by atoms with Gasteiger partial charge in [0.25, 0.3) is 0 Å². The number of esters is 4. The van der Waals surface area contributed by atoms with Gasteiger partial charge >= 0.3 is 35.9 Å². The zero-order chi connectivity index (χ0) is 37.2. The number of carbonyl (C=O) groups is 6. The van der Waals surface area contributed by atoms with Crippen LogP contribution in [0.2, 0.25) is 0 Å². The normalized spacial score (nSPS) is 21.1. The molecule has 1 fully saturated rings. The van der Waals surface area contributed by atoms with Gasteiger partial charge in [0.2, 0.25) is 0 Å². The van der Waals surface area contributed by atoms with Crippen molar-refractivity contribution in [3.8, 4) is 11.1 Å². The molecule has 16 nitrogen and oxygen atoms in total. The van der Waals surface area contributed by atoms with Gasteiger partial charge in [-0.1, -0.05) is 48.5 Å². The first-order chi connectivity index (χ1) is 24.2. The molecule has 0 saturated carbocycles. The number of benzene rings is 2. The molecule has 274 valence electrons. The first kappa shape index (κ1) is 38.5. The van der Waals surface area contributed by atoms with Crippen molar-refractivity contribution in [3.63, 3.8) is 0 Å². The molecule has 4 N–H and O–H groups in total. The number of carboxylic acids is 1. The quantitative estimate of drug-likeness (QED) is 0.131. The zero-order valence-corrected chi connectivity index (χ0v) is 29.1. The molecule has 0 unspecified atom stereocenters. The van der Waals surface area contributed by atoms with Crippen LogP contribution in [0.15, 0.2) is 48.5 Å². The van der Waals surface area contributed by atoms with Crippen molar-refractivity contribution in [2.75, 3.05) is 26.3 Å². The first-order valence-corrected chi connectivity index (χ1v) is 16.3. The molecule has 1 aliphatic heterocycles. The second kappa shape index (κ2) is 17.6. The first-order valence-electron chi connectivity index (χ1n) is 15.9. The van der Waals surface area contributed by atoms with Crippen molar-refractivity contribution in [3.05, 3.63) is 59.7 Å². The van der Waals surface area contributed by atoms with E-state index in [-0.39, 0.29) is 30.7 Å². The molecule has 1 aliphatic carbocycles. The maximum atomic E-state index is 12.7. The van der Waals surface area contributed by atoms with Gasteiger partial charge in [0.15, 0.2) is 23.4 Å². The van der Waals surface area contributed by atoms with Gasteiger partial charge in [0.05, 0.1) is 0 Å². The molecule has 0 aromatic heterocycles. The predicted molar refractivity (Wildman–Crippen MR) is 180 cm³/mol. The molecule has 0 spiro atoms. The summed E-state index contributed by atoms with van der Waals surface area (Å²) >= 11 is 5.31. The number of aliphatic carboxylic acids is 1. The summed E-state index contributed by atoms with van der Waals surface area (Å²) in [5.74, 6) is -4.57. The van der Waals surface area contributed by atoms with Gasteiger partial charge in [-0.05, 0) is 34.5 Å². The van der Waals surface area contributed by atoms with Crippen LogP contribution in [0, 0.1) is 0 Å². The Morgan fingerprint density at radius 1 is 0.725 bits per heavy atom. The maximum absolute atomic E-state index is 12.7. The van der Waals surface area contributed by atoms with Gasteiger partial charge in [-0.3, -0.25) is 19.2 Å². The van der Waals surface area contributed by atoms with E-state index in [0.29, 0.717) is 0 Å². The van der Waals surface area contributed by atoms with Crippen molar-refractivity contribution >= 4 is 53.3 Å². The molecule has 17 heteroatoms. The summed E-state index contributed by atoms with van der Waals surface area (Å²) < 4.78 is 32.7. The highest BCUT2D eigenvalue weighted by atomic mass is 32.1. The van der Waals surface area contributed by atoms with Gasteiger partial charge in [-0.2, -0.15) is 0 Å². The lowest BCUT2D eigenvalue weighted by molar-refractivity contribution is -0.251. The van der Waals surface area contributed by atoms with E-state index in [9.17, 15) is 33.9 Å². The van der Waals surface area contributed by atoms with Gasteiger partial charge in [-0.25, -0.2) is 9.59 Å². The number of rotatable bonds is 13. The molecule has 1 amide bonds. The molecule has 2 aliphatic rings. The molecule has 2 aromatic carbocycles. The van der Waals surface area contributed by atoms with Crippen LogP contribution in [0.4, 0.5) is 4.79 Å². The number of hydrogen-bond acceptors (Lipinski definition) is 13. The van der Waals surface area contributed by atoms with Gasteiger partial charge in [-0.15, -0.1) is 0 Å². The van der Waals surface area contributed by atoms with Crippen LogP contribution >= 0.6 is 12.2 Å². The van der Waals surface area contributed by atoms with Gasteiger partial charge < -0.3 is 49.5 Å². The second-order valence-electron chi connectivity index (χ2n) is 11.7. The maximum Gasteiger partial charge on any atom is 0.407 e. The molecule has 51 heavy (non-hydrogen) atoms. The van der Waals surface area contributed by atoms with Crippen molar-refractivity contribution < 1.29 is 62.3 Å². The summed E-state index contributed by atoms with van der Waals surface area (Å²) in [6.07, 6.45) is -7.21. The Bertz CT molecular complexity index is 1610. The van der Waals surface area contributed by atoms with E-state index in [2.05, 4.69) is 16.0 Å². The lowest BCUT2D eigenvalue weighted by atomic mass is 9.94. The number of carbonyl (C=O) groups excluding carboxylic acids is 5. The highest BCUT2D eigenvalue weighted by Gasteiger charge is 2.52. The lowest BCUT2D eigenvalue weighted by Gasteiger charge is -2.44. The van der Waals surface area contributed by atoms with Crippen LogP contribution in [0.5, 0.6) is 0 Å². The summed E-state index contributed by atoms with van der Waals surface area (Å²) in [4.78, 5) is 72.3. The number of thiocarbonyl (C=S) groups is 1. The SMILES string of the molecule is CC(=O)OC[C@H]1O[C@@H](CNC(=S)NC[C@H](NC(=O)OCC2c3ccccc3-c3ccccc32)C(=O)O)[C@H](OC(C)=O)[C@@H](OC(C)=O)[C@H]1OC(C)=O. The molecule has 0 bridgehead atoms. The van der Waals surface area contributed by atoms with E-state index < -0.39 is 79.1 Å². The summed E-state index contributed by atoms with van der Waals surface area (Å²) in [5.41, 5.74) is 4.08. The molecule has 6 atom stereocenters. The number of carboxylic acid groups (broad SMARTS) is 1. The van der Waals surface area contributed by atoms with Crippen LogP contribution in [-0.2, 0) is 52.4 Å². The minimum Gasteiger partial charge on any atom is -0.480 e. The number of fused-ring (bicyclic) bond motifs is 3. The highest BCUT2D eigenvalue weighted by Crippen LogP contribution is 2.44. The topological polar surface area (TPSA) is 214 Å². The number of ether oxygens (including phenoxy) is 6. The van der Waals surface area contributed by atoms with E-state index in [4.69, 9.17) is 40.6 Å². The Morgan fingerprint density at radius 3 is 1.78 bits per heavy atom. The average Bonchev–Trinajstić information content (AvgIpc) is 3.38. The molecular formula is C34H39N3O13S. The number of nitrogens with one attached hydrogen (secondary N) is 3. The third-order valence-electron chi connectivity index (χ3n) is 7.95. The Balaban J connectivity index is 1.37. The van der Waals surface area contributed by atoms with Crippen molar-refractivity contribution in [1.82, 2.24) is 16.0 Å². The van der Waals surface area contributed by atoms with Crippen molar-refractivity contribution in [1.29, 1.82) is 0 Å². The third-order valence-corrected chi connectivity index (χ3v) is 8.24. The molecule has 2 aromatic rings. The number of amides is 1. The number of hydrogen-bond donors (Lipinski definition) is 4. The van der Waals surface area contributed by atoms with Crippen LogP contribution < -0.4 is 16.0 Å². The fourth-order valence-electron chi connectivity index (χ4n) is 5.92. The Labute approximate surface area is 298 Å². The number of alkyl carbamates (subject to hydrolysis) is 1. The van der Waals surface area contributed by atoms with Crippen LogP contribution in [-0.4, -0.2) is 109 Å². The Kier molecular flexibility index (Phi) is 13.3. The van der Waals surface area contributed by atoms with E-state index in [1.807, 2.05) is 48.5 Å². The van der Waals surface area contributed by atoms with E-state index in [0.717, 1.165) is 49.9 Å². The molecule has 1 saturated heterocycles. The van der Waals surface area contributed by atoms with E-state index >= 15 is 0 Å².